The van der Waals surface area contributed by atoms with E-state index in [0.717, 1.165) is 206 Å². The zero-order valence-electron chi connectivity index (χ0n) is 71.6. The number of amidine groups is 6. The minimum absolute atomic E-state index is 0. The van der Waals surface area contributed by atoms with Crippen molar-refractivity contribution in [3.63, 3.8) is 0 Å². The number of hydrogen-bond acceptors (Lipinski definition) is 24. The molecule has 8 aromatic rings. The average molecular weight is 1780 g/mol. The van der Waals surface area contributed by atoms with Crippen molar-refractivity contribution < 1.29 is 102 Å². The fourth-order valence-electron chi connectivity index (χ4n) is 11.7. The lowest BCUT2D eigenvalue weighted by Crippen LogP contribution is -2.12. The Morgan fingerprint density at radius 1 is 0.219 bits per heavy atom. The minimum Gasteiger partial charge on any atom is -0.494 e. The van der Waals surface area contributed by atoms with Crippen LogP contribution in [0.3, 0.4) is 0 Å². The van der Waals surface area contributed by atoms with E-state index in [9.17, 15) is 0 Å². The summed E-state index contributed by atoms with van der Waals surface area (Å²) in [4.78, 5) is 25.1. The van der Waals surface area contributed by atoms with Crippen molar-refractivity contribution in [1.82, 2.24) is 0 Å². The summed E-state index contributed by atoms with van der Waals surface area (Å²) in [6, 6.07) is 54.8. The summed E-state index contributed by atoms with van der Waals surface area (Å²) >= 11 is 0. The van der Waals surface area contributed by atoms with E-state index in [2.05, 4.69) is 15.5 Å². The number of ether oxygens (including phenoxy) is 12. The van der Waals surface area contributed by atoms with Crippen molar-refractivity contribution in [1.29, 1.82) is 16.2 Å². The van der Waals surface area contributed by atoms with Crippen LogP contribution < -0.4 is 91.2 Å². The van der Waals surface area contributed by atoms with Gasteiger partial charge in [-0.25, -0.2) is 0 Å². The van der Waals surface area contributed by atoms with Gasteiger partial charge in [-0.15, -0.1) is 0 Å². The second-order valence-electron chi connectivity index (χ2n) is 28.1. The van der Waals surface area contributed by atoms with E-state index in [1.165, 1.54) is 0 Å². The largest absolute Gasteiger partial charge is 0.494 e. The number of nitrogens with two attached hydrogens (primary N) is 6. The van der Waals surface area contributed by atoms with Crippen molar-refractivity contribution in [3.05, 3.63) is 215 Å². The van der Waals surface area contributed by atoms with Crippen LogP contribution in [0.15, 0.2) is 197 Å². The summed E-state index contributed by atoms with van der Waals surface area (Å²) in [5.41, 5.74) is 37.4. The van der Waals surface area contributed by atoms with E-state index < -0.39 is 0 Å². The van der Waals surface area contributed by atoms with Crippen LogP contribution in [0.25, 0.3) is 0 Å². The van der Waals surface area contributed by atoms with Crippen LogP contribution in [0.2, 0.25) is 0 Å². The molecule has 0 bridgehead atoms. The quantitative estimate of drug-likeness (QED) is 0.00420. The number of carbonyl (C=O) groups is 3. The molecular weight excluding hydrogens is 1650 g/mol. The van der Waals surface area contributed by atoms with E-state index >= 15 is 0 Å². The Kier molecular flexibility index (Phi) is 60.4. The van der Waals surface area contributed by atoms with Crippen molar-refractivity contribution in [2.45, 2.75) is 169 Å². The first kappa shape index (κ1) is 110. The maximum absolute atomic E-state index is 8.82. The van der Waals surface area contributed by atoms with E-state index in [1.807, 2.05) is 109 Å². The van der Waals surface area contributed by atoms with Crippen LogP contribution in [-0.2, 0) is 14.4 Å². The molecule has 0 radical (unpaired) electrons. The molecule has 0 aliphatic carbocycles. The van der Waals surface area contributed by atoms with Gasteiger partial charge in [0.1, 0.15) is 86.5 Å². The molecule has 21 N–H and O–H groups in total. The predicted molar refractivity (Wildman–Crippen MR) is 498 cm³/mol. The number of rotatable bonds is 60. The number of oxime groups is 3. The Balaban J connectivity index is 0.000000782. The molecule has 0 saturated carbocycles. The molecule has 0 saturated heterocycles. The fraction of sp³-hybridized carbons (Fsp3) is 0.400. The van der Waals surface area contributed by atoms with Crippen molar-refractivity contribution >= 4 is 54.4 Å². The molecule has 0 aliphatic heterocycles. The Bertz CT molecular complexity index is 3930. The monoisotopic (exact) mass is 1780 g/mol. The third kappa shape index (κ3) is 50.1. The van der Waals surface area contributed by atoms with Crippen LogP contribution in [0.1, 0.15) is 202 Å². The van der Waals surface area contributed by atoms with Crippen LogP contribution in [-0.4, -0.2) is 165 Å². The van der Waals surface area contributed by atoms with Gasteiger partial charge >= 0.3 is 0 Å². The first-order valence-corrected chi connectivity index (χ1v) is 42.0. The molecule has 128 heavy (non-hydrogen) atoms. The Morgan fingerprint density at radius 3 is 0.438 bits per heavy atom. The normalized spacial score (nSPS) is 10.6. The summed E-state index contributed by atoms with van der Waals surface area (Å²) in [5, 5.41) is 78.7. The van der Waals surface area contributed by atoms with Gasteiger partial charge in [-0.1, -0.05) is 30.3 Å². The van der Waals surface area contributed by atoms with Crippen LogP contribution in [0.5, 0.6) is 69.0 Å². The average Bonchev–Trinajstić information content (AvgIpc) is 0.862. The number of carboxylic acid groups (broad SMARTS) is 3. The highest BCUT2D eigenvalue weighted by Crippen LogP contribution is 2.31. The minimum atomic E-state index is -0.250. The van der Waals surface area contributed by atoms with Gasteiger partial charge in [0, 0.05) is 69.8 Å². The fourth-order valence-corrected chi connectivity index (χ4v) is 11.7. The zero-order valence-corrected chi connectivity index (χ0v) is 71.6. The van der Waals surface area contributed by atoms with E-state index in [-0.39, 0.29) is 69.3 Å². The molecule has 0 spiro atoms. The van der Waals surface area contributed by atoms with Gasteiger partial charge in [0.15, 0.2) is 17.5 Å². The van der Waals surface area contributed by atoms with Gasteiger partial charge in [0.05, 0.1) is 79.3 Å². The van der Waals surface area contributed by atoms with Gasteiger partial charge in [0.25, 0.3) is 19.4 Å². The van der Waals surface area contributed by atoms with Crippen molar-refractivity contribution in [2.75, 3.05) is 79.3 Å². The molecule has 0 unspecified atom stereocenters. The van der Waals surface area contributed by atoms with E-state index in [4.69, 9.17) is 153 Å². The smallest absolute Gasteiger partial charge is 0.290 e. The number of benzene rings is 8. The second-order valence-corrected chi connectivity index (χ2v) is 28.1. The molecule has 700 valence electrons. The Hall–Kier alpha value is -14.0. The summed E-state index contributed by atoms with van der Waals surface area (Å²) in [6.45, 7) is 6.50. The molecule has 8 rings (SSSR count). The van der Waals surface area contributed by atoms with Crippen molar-refractivity contribution in [2.24, 2.45) is 49.9 Å². The molecule has 33 heteroatoms. The van der Waals surface area contributed by atoms with Crippen molar-refractivity contribution in [3.8, 4) is 69.0 Å². The number of hydrogen-bond donors (Lipinski definition) is 15. The van der Waals surface area contributed by atoms with E-state index in [1.54, 1.807) is 72.8 Å². The lowest BCUT2D eigenvalue weighted by molar-refractivity contribution is -0.123. The maximum Gasteiger partial charge on any atom is 0.290 e. The molecule has 0 aromatic heterocycles. The van der Waals surface area contributed by atoms with Gasteiger partial charge in [-0.3, -0.25) is 30.6 Å². The first-order chi connectivity index (χ1) is 61.4. The number of nitrogen functional groups attached to an aromatic ring is 3. The predicted octanol–water partition coefficient (Wildman–Crippen LogP) is 17.0. The third-order valence-corrected chi connectivity index (χ3v) is 18.4. The lowest BCUT2D eigenvalue weighted by atomic mass is 10.2. The topological polar surface area (TPSA) is 548 Å². The molecule has 0 fully saturated rings. The lowest BCUT2D eigenvalue weighted by Gasteiger charge is -2.14. The molecule has 33 nitrogen and oxygen atoms in total. The molecule has 0 aliphatic rings. The Morgan fingerprint density at radius 2 is 0.328 bits per heavy atom. The molecule has 0 heterocycles. The van der Waals surface area contributed by atoms with Crippen LogP contribution >= 0.6 is 0 Å². The van der Waals surface area contributed by atoms with Crippen LogP contribution in [0.4, 0.5) is 0 Å². The van der Waals surface area contributed by atoms with E-state index in [0.29, 0.717) is 130 Å². The highest BCUT2D eigenvalue weighted by Gasteiger charge is 2.12. The van der Waals surface area contributed by atoms with Gasteiger partial charge in [-0.05, 0) is 300 Å². The Labute approximate surface area is 751 Å². The molecular formula is C95H134N12O21. The third-order valence-electron chi connectivity index (χ3n) is 18.4. The van der Waals surface area contributed by atoms with Gasteiger partial charge in [0.2, 0.25) is 0 Å². The van der Waals surface area contributed by atoms with Gasteiger partial charge < -0.3 is 122 Å². The summed E-state index contributed by atoms with van der Waals surface area (Å²) < 4.78 is 71.9. The highest BCUT2D eigenvalue weighted by atomic mass is 16.5. The maximum atomic E-state index is 8.82. The van der Waals surface area contributed by atoms with Gasteiger partial charge in [-0.2, -0.15) is 0 Å². The SMILES string of the molecule is C.C.N=C(N)c1ccc(OCCCCCCOc2cc(OCCCCCCOc3ccc(C(=N)N)cc3)cc(OCCCCCCOc3ccc(C(=N)N)cc3)c2)cc1.NC(=NO)c1ccc(OCCCCCCOc2cc(OCCCCCCOc3ccc(C(N)=NO)cc3)cc(OCCCCCCOc3ccc(C(N)=NO)cc3)c2)cc1.O=CO.O=CO.O=CO. The molecule has 8 aromatic carbocycles. The molecule has 0 atom stereocenters. The highest BCUT2D eigenvalue weighted by molar-refractivity contribution is 5.98. The zero-order chi connectivity index (χ0) is 91.3. The summed E-state index contributed by atoms with van der Waals surface area (Å²) in [5.74, 6) is 9.28. The first-order valence-electron chi connectivity index (χ1n) is 42.0. The molecule has 0 amide bonds. The standard InChI is InChI=1S/C45H60N6O9.C45H60N6O6.3CH2O2.2CH4/c46-43(49-52)34-13-19-37(20-14-34)55-25-7-1-4-10-28-58-40-31-41(59-29-11-5-2-8-26-56-38-21-15-35(16-22-38)44(47)50-53)33-42(32-40)60-30-12-6-3-9-27-57-39-23-17-36(18-24-39)45(48)51-54;46-43(47)34-13-19-37(20-14-34)52-25-7-1-4-10-28-55-40-31-41(56-29-11-5-2-8-26-53-38-21-15-35(16-22-38)44(48)49)33-42(32-40)57-30-12-6-3-9-27-54-39-23-17-36(18-24-39)45(50)51;3*2-1-3;;/h13-24,31-33,52-54H,1-12,25-30H2,(H2,46,49)(H2,47,50)(H2,48,51);13-24,31-33H,1-12,25-30H2,(H3,46,47)(H3,48,49)(H3,50,51);3*1H,(H,2,3);2*1H4. The number of unbranched alkanes of at least 4 members (excludes halogenated alkanes) is 18. The van der Waals surface area contributed by atoms with Crippen LogP contribution in [0, 0.1) is 16.2 Å². The second kappa shape index (κ2) is 70.3. The summed E-state index contributed by atoms with van der Waals surface area (Å²) in [6.07, 6.45) is 23.3. The number of nitrogens with zero attached hydrogens (tertiary/aromatic N) is 3. The summed E-state index contributed by atoms with van der Waals surface area (Å²) in [7, 11) is 0. The number of nitrogens with one attached hydrogen (secondary N) is 3.